The first kappa shape index (κ1) is 29.4. The summed E-state index contributed by atoms with van der Waals surface area (Å²) in [7, 11) is 0. The molecule has 0 aromatic heterocycles. The molecule has 3 amide bonds. The Morgan fingerprint density at radius 2 is 1.51 bits per heavy atom. The molecule has 1 aromatic rings. The van der Waals surface area contributed by atoms with E-state index in [4.69, 9.17) is 9.47 Å². The minimum absolute atomic E-state index is 0.00351. The van der Waals surface area contributed by atoms with Gasteiger partial charge in [0.05, 0.1) is 6.42 Å². The number of benzene rings is 1. The molecule has 0 radical (unpaired) electrons. The van der Waals surface area contributed by atoms with Crippen LogP contribution in [-0.4, -0.2) is 58.7 Å². The molecule has 0 aliphatic carbocycles. The minimum atomic E-state index is -1.43. The van der Waals surface area contributed by atoms with Crippen molar-refractivity contribution in [2.24, 2.45) is 5.92 Å². The summed E-state index contributed by atoms with van der Waals surface area (Å²) >= 11 is 0. The van der Waals surface area contributed by atoms with E-state index in [0.29, 0.717) is 0 Å². The number of esters is 1. The second-order valence-corrected chi connectivity index (χ2v) is 9.35. The van der Waals surface area contributed by atoms with Gasteiger partial charge >= 0.3 is 18.0 Å². The van der Waals surface area contributed by atoms with Gasteiger partial charge in [0, 0.05) is 0 Å². The van der Waals surface area contributed by atoms with Crippen molar-refractivity contribution in [1.82, 2.24) is 16.0 Å². The standard InChI is InChI=1S/C24H35N3O8/c1-14(2)19(22(31)32)27-21(30)17(12-18(28)35-24(4,5)6)26-20(29)15(3)25-23(33)34-13-16-10-8-7-9-11-16/h7-11,14-15,17,19H,12-13H2,1-6H3,(H,25,33)(H,26,29)(H,27,30)(H,31,32)/t15-,17-,19-/m0/s1. The summed E-state index contributed by atoms with van der Waals surface area (Å²) in [5.41, 5.74) is -0.0759. The molecule has 0 saturated heterocycles. The highest BCUT2D eigenvalue weighted by Gasteiger charge is 2.32. The van der Waals surface area contributed by atoms with Gasteiger partial charge in [-0.1, -0.05) is 44.2 Å². The lowest BCUT2D eigenvalue weighted by atomic mass is 10.0. The van der Waals surface area contributed by atoms with Crippen LogP contribution in [0.15, 0.2) is 30.3 Å². The molecule has 4 N–H and O–H groups in total. The molecule has 1 rings (SSSR count). The highest BCUT2D eigenvalue weighted by Crippen LogP contribution is 2.11. The zero-order valence-corrected chi connectivity index (χ0v) is 20.9. The Morgan fingerprint density at radius 1 is 0.914 bits per heavy atom. The van der Waals surface area contributed by atoms with Gasteiger partial charge in [-0.15, -0.1) is 0 Å². The molecule has 35 heavy (non-hydrogen) atoms. The van der Waals surface area contributed by atoms with E-state index >= 15 is 0 Å². The summed E-state index contributed by atoms with van der Waals surface area (Å²) in [6.07, 6.45) is -1.39. The van der Waals surface area contributed by atoms with Gasteiger partial charge in [-0.05, 0) is 39.2 Å². The maximum absolute atomic E-state index is 12.8. The highest BCUT2D eigenvalue weighted by molar-refractivity contribution is 5.94. The summed E-state index contributed by atoms with van der Waals surface area (Å²) in [6, 6.07) is 5.15. The Morgan fingerprint density at radius 3 is 2.03 bits per heavy atom. The van der Waals surface area contributed by atoms with E-state index in [2.05, 4.69) is 16.0 Å². The molecule has 0 unspecified atom stereocenters. The molecule has 0 bridgehead atoms. The molecule has 11 heteroatoms. The molecule has 0 fully saturated rings. The molecule has 0 spiro atoms. The second kappa shape index (κ2) is 13.3. The Hall–Kier alpha value is -3.63. The van der Waals surface area contributed by atoms with E-state index in [1.165, 1.54) is 6.92 Å². The number of hydrogen-bond donors (Lipinski definition) is 4. The van der Waals surface area contributed by atoms with Gasteiger partial charge in [0.25, 0.3) is 0 Å². The summed E-state index contributed by atoms with van der Waals surface area (Å²) in [5, 5.41) is 16.4. The van der Waals surface area contributed by atoms with E-state index in [1.54, 1.807) is 58.9 Å². The van der Waals surface area contributed by atoms with Gasteiger partial charge in [0.1, 0.15) is 30.3 Å². The Balaban J connectivity index is 2.84. The number of alkyl carbamates (subject to hydrolysis) is 1. The first-order valence-corrected chi connectivity index (χ1v) is 11.2. The van der Waals surface area contributed by atoms with Crippen molar-refractivity contribution < 1.29 is 38.6 Å². The topological polar surface area (TPSA) is 160 Å². The Kier molecular flexibility index (Phi) is 11.2. The van der Waals surface area contributed by atoms with Crippen LogP contribution in [0.3, 0.4) is 0 Å². The lowest BCUT2D eigenvalue weighted by molar-refractivity contribution is -0.156. The number of carboxylic acid groups (broad SMARTS) is 1. The van der Waals surface area contributed by atoms with E-state index in [1.807, 2.05) is 6.07 Å². The van der Waals surface area contributed by atoms with E-state index in [0.717, 1.165) is 5.56 Å². The number of carbonyl (C=O) groups excluding carboxylic acids is 4. The van der Waals surface area contributed by atoms with Gasteiger partial charge in [0.2, 0.25) is 11.8 Å². The van der Waals surface area contributed by atoms with Crippen molar-refractivity contribution in [3.63, 3.8) is 0 Å². The Labute approximate surface area is 204 Å². The predicted molar refractivity (Wildman–Crippen MR) is 126 cm³/mol. The van der Waals surface area contributed by atoms with Crippen LogP contribution in [0.25, 0.3) is 0 Å². The first-order chi connectivity index (χ1) is 16.2. The van der Waals surface area contributed by atoms with Crippen molar-refractivity contribution in [1.29, 1.82) is 0 Å². The van der Waals surface area contributed by atoms with Crippen LogP contribution in [-0.2, 0) is 35.3 Å². The number of hydrogen-bond acceptors (Lipinski definition) is 7. The van der Waals surface area contributed by atoms with Gasteiger partial charge in [-0.3, -0.25) is 14.4 Å². The third kappa shape index (κ3) is 11.4. The summed E-state index contributed by atoms with van der Waals surface area (Å²) < 4.78 is 10.3. The molecule has 0 saturated carbocycles. The number of aliphatic carboxylic acids is 1. The van der Waals surface area contributed by atoms with Crippen molar-refractivity contribution in [3.05, 3.63) is 35.9 Å². The number of carbonyl (C=O) groups is 5. The van der Waals surface area contributed by atoms with Crippen LogP contribution in [0.2, 0.25) is 0 Å². The molecule has 194 valence electrons. The third-order valence-corrected chi connectivity index (χ3v) is 4.59. The van der Waals surface area contributed by atoms with E-state index < -0.39 is 65.9 Å². The molecular weight excluding hydrogens is 458 g/mol. The fraction of sp³-hybridized carbons (Fsp3) is 0.542. The number of amides is 3. The molecule has 0 aliphatic rings. The average Bonchev–Trinajstić information content (AvgIpc) is 2.74. The smallest absolute Gasteiger partial charge is 0.408 e. The normalized spacial score (nSPS) is 13.7. The monoisotopic (exact) mass is 493 g/mol. The van der Waals surface area contributed by atoms with Crippen molar-refractivity contribution >= 4 is 29.8 Å². The van der Waals surface area contributed by atoms with Crippen LogP contribution in [0, 0.1) is 5.92 Å². The van der Waals surface area contributed by atoms with Crippen LogP contribution in [0.4, 0.5) is 4.79 Å². The fourth-order valence-corrected chi connectivity index (χ4v) is 2.83. The van der Waals surface area contributed by atoms with Crippen molar-refractivity contribution in [2.45, 2.75) is 78.3 Å². The van der Waals surface area contributed by atoms with Crippen LogP contribution >= 0.6 is 0 Å². The van der Waals surface area contributed by atoms with E-state index in [9.17, 15) is 29.1 Å². The van der Waals surface area contributed by atoms with Crippen molar-refractivity contribution in [2.75, 3.05) is 0 Å². The van der Waals surface area contributed by atoms with Crippen LogP contribution in [0.1, 0.15) is 53.5 Å². The van der Waals surface area contributed by atoms with Gasteiger partial charge in [-0.2, -0.15) is 0 Å². The maximum atomic E-state index is 12.8. The molecule has 0 heterocycles. The molecule has 11 nitrogen and oxygen atoms in total. The van der Waals surface area contributed by atoms with Gasteiger partial charge < -0.3 is 30.5 Å². The number of carboxylic acids is 1. The van der Waals surface area contributed by atoms with Crippen LogP contribution in [0.5, 0.6) is 0 Å². The molecule has 1 aromatic carbocycles. The second-order valence-electron chi connectivity index (χ2n) is 9.35. The SMILES string of the molecule is CC(C)[C@H](NC(=O)[C@H](CC(=O)OC(C)(C)C)NC(=O)[C@H](C)NC(=O)OCc1ccccc1)C(=O)O. The third-order valence-electron chi connectivity index (χ3n) is 4.59. The summed E-state index contributed by atoms with van der Waals surface area (Å²) in [5.74, 6) is -4.12. The maximum Gasteiger partial charge on any atom is 0.408 e. The predicted octanol–water partition coefficient (Wildman–Crippen LogP) is 1.74. The molecule has 0 aliphatic heterocycles. The lowest BCUT2D eigenvalue weighted by Gasteiger charge is -2.25. The largest absolute Gasteiger partial charge is 0.480 e. The highest BCUT2D eigenvalue weighted by atomic mass is 16.6. The van der Waals surface area contributed by atoms with Gasteiger partial charge in [0.15, 0.2) is 0 Å². The molecule has 3 atom stereocenters. The van der Waals surface area contributed by atoms with Gasteiger partial charge in [-0.25, -0.2) is 9.59 Å². The van der Waals surface area contributed by atoms with Crippen molar-refractivity contribution in [3.8, 4) is 0 Å². The van der Waals surface area contributed by atoms with E-state index in [-0.39, 0.29) is 6.61 Å². The quantitative estimate of drug-likeness (QED) is 0.339. The summed E-state index contributed by atoms with van der Waals surface area (Å²) in [6.45, 7) is 9.51. The zero-order chi connectivity index (χ0) is 26.8. The number of rotatable bonds is 11. The average molecular weight is 494 g/mol. The summed E-state index contributed by atoms with van der Waals surface area (Å²) in [4.78, 5) is 61.3. The number of ether oxygens (including phenoxy) is 2. The Bertz CT molecular complexity index is 896. The first-order valence-electron chi connectivity index (χ1n) is 11.2. The molecular formula is C24H35N3O8. The van der Waals surface area contributed by atoms with Crippen LogP contribution < -0.4 is 16.0 Å². The lowest BCUT2D eigenvalue weighted by Crippen LogP contribution is -2.56. The number of nitrogens with one attached hydrogen (secondary N) is 3. The zero-order valence-electron chi connectivity index (χ0n) is 20.9. The minimum Gasteiger partial charge on any atom is -0.480 e. The fourth-order valence-electron chi connectivity index (χ4n) is 2.83.